The maximum atomic E-state index is 10.5. The van der Waals surface area contributed by atoms with Gasteiger partial charge in [0.1, 0.15) is 12.4 Å². The Bertz CT molecular complexity index is 342. The third-order valence-electron chi connectivity index (χ3n) is 1.80. The van der Waals surface area contributed by atoms with Gasteiger partial charge >= 0.3 is 5.97 Å². The second-order valence-electron chi connectivity index (χ2n) is 2.91. The Kier molecular flexibility index (Phi) is 3.88. The summed E-state index contributed by atoms with van der Waals surface area (Å²) in [4.78, 5) is 10.5. The van der Waals surface area contributed by atoms with E-state index in [4.69, 9.17) is 9.84 Å². The molecule has 0 heterocycles. The molecule has 0 aromatic heterocycles. The Hall–Kier alpha value is -1.81. The van der Waals surface area contributed by atoms with Gasteiger partial charge in [0.2, 0.25) is 0 Å². The van der Waals surface area contributed by atoms with Gasteiger partial charge in [-0.3, -0.25) is 0 Å². The summed E-state index contributed by atoms with van der Waals surface area (Å²) >= 11 is 0. The molecule has 15 heavy (non-hydrogen) atoms. The lowest BCUT2D eigenvalue weighted by atomic mass is 10.1. The minimum absolute atomic E-state index is 0.327. The van der Waals surface area contributed by atoms with Crippen LogP contribution < -0.4 is 4.74 Å². The highest BCUT2D eigenvalue weighted by molar-refractivity contribution is 5.74. The highest BCUT2D eigenvalue weighted by atomic mass is 16.5. The predicted octanol–water partition coefficient (Wildman–Crippen LogP) is 1.37. The fraction of sp³-hybridized carbons (Fsp3) is 0.182. The first-order chi connectivity index (χ1) is 7.15. The van der Waals surface area contributed by atoms with Crippen molar-refractivity contribution in [2.45, 2.75) is 6.10 Å². The summed E-state index contributed by atoms with van der Waals surface area (Å²) in [6.07, 6.45) is 0.124. The summed E-state index contributed by atoms with van der Waals surface area (Å²) in [7, 11) is 0. The van der Waals surface area contributed by atoms with E-state index in [1.165, 1.54) is 12.1 Å². The van der Waals surface area contributed by atoms with Gasteiger partial charge in [0, 0.05) is 0 Å². The quantitative estimate of drug-likeness (QED) is 0.717. The molecule has 80 valence electrons. The van der Waals surface area contributed by atoms with E-state index in [9.17, 15) is 9.90 Å². The molecule has 0 bridgehead atoms. The Morgan fingerprint density at radius 1 is 1.47 bits per heavy atom. The summed E-state index contributed by atoms with van der Waals surface area (Å²) < 4.78 is 5.20. The molecular formula is C11H12O4. The molecule has 0 aliphatic heterocycles. The monoisotopic (exact) mass is 208 g/mol. The Morgan fingerprint density at radius 2 is 2.07 bits per heavy atom. The minimum Gasteiger partial charge on any atom is -0.490 e. The number of aliphatic hydroxyl groups excluding tert-OH is 1. The van der Waals surface area contributed by atoms with E-state index >= 15 is 0 Å². The van der Waals surface area contributed by atoms with Crippen molar-refractivity contribution < 1.29 is 19.7 Å². The number of aliphatic hydroxyl groups is 1. The molecular weight excluding hydrogens is 196 g/mol. The van der Waals surface area contributed by atoms with E-state index in [1.807, 2.05) is 0 Å². The molecule has 0 aliphatic carbocycles. The van der Waals surface area contributed by atoms with Crippen molar-refractivity contribution in [2.24, 2.45) is 0 Å². The molecule has 0 aliphatic rings. The molecule has 0 spiro atoms. The van der Waals surface area contributed by atoms with Crippen LogP contribution >= 0.6 is 0 Å². The molecule has 2 N–H and O–H groups in total. The SMILES string of the molecule is C=CCOc1ccc([C@@H](O)C(=O)O)cc1. The lowest BCUT2D eigenvalue weighted by molar-refractivity contribution is -0.146. The Balaban J connectivity index is 2.71. The molecule has 0 radical (unpaired) electrons. The van der Waals surface area contributed by atoms with Crippen molar-refractivity contribution in [3.8, 4) is 5.75 Å². The fourth-order valence-electron chi connectivity index (χ4n) is 1.04. The van der Waals surface area contributed by atoms with Crippen LogP contribution in [0.25, 0.3) is 0 Å². The van der Waals surface area contributed by atoms with E-state index in [2.05, 4.69) is 6.58 Å². The lowest BCUT2D eigenvalue weighted by Gasteiger charge is -2.07. The normalized spacial score (nSPS) is 11.8. The molecule has 0 saturated carbocycles. The molecule has 0 fully saturated rings. The second kappa shape index (κ2) is 5.17. The predicted molar refractivity (Wildman–Crippen MR) is 54.7 cm³/mol. The molecule has 4 heteroatoms. The summed E-state index contributed by atoms with van der Waals surface area (Å²) in [6.45, 7) is 3.89. The second-order valence-corrected chi connectivity index (χ2v) is 2.91. The topological polar surface area (TPSA) is 66.8 Å². The average molecular weight is 208 g/mol. The van der Waals surface area contributed by atoms with E-state index in [0.717, 1.165) is 0 Å². The first-order valence-corrected chi connectivity index (χ1v) is 4.39. The van der Waals surface area contributed by atoms with Crippen molar-refractivity contribution >= 4 is 5.97 Å². The Morgan fingerprint density at radius 3 is 2.53 bits per heavy atom. The van der Waals surface area contributed by atoms with Gasteiger partial charge < -0.3 is 14.9 Å². The van der Waals surface area contributed by atoms with Crippen LogP contribution in [-0.4, -0.2) is 22.8 Å². The first-order valence-electron chi connectivity index (χ1n) is 4.39. The number of hydrogen-bond acceptors (Lipinski definition) is 3. The summed E-state index contributed by atoms with van der Waals surface area (Å²) in [5, 5.41) is 17.8. The number of hydrogen-bond donors (Lipinski definition) is 2. The number of benzene rings is 1. The molecule has 0 saturated heterocycles. The molecule has 1 aromatic rings. The average Bonchev–Trinajstić information content (AvgIpc) is 2.26. The number of carbonyl (C=O) groups is 1. The van der Waals surface area contributed by atoms with E-state index in [-0.39, 0.29) is 0 Å². The summed E-state index contributed by atoms with van der Waals surface area (Å²) in [5.74, 6) is -0.661. The van der Waals surface area contributed by atoms with Crippen LogP contribution in [0.2, 0.25) is 0 Å². The summed E-state index contributed by atoms with van der Waals surface area (Å²) in [6, 6.07) is 6.23. The third kappa shape index (κ3) is 3.11. The van der Waals surface area contributed by atoms with E-state index in [0.29, 0.717) is 17.9 Å². The maximum Gasteiger partial charge on any atom is 0.337 e. The highest BCUT2D eigenvalue weighted by Gasteiger charge is 2.15. The van der Waals surface area contributed by atoms with Crippen LogP contribution in [0.4, 0.5) is 0 Å². The van der Waals surface area contributed by atoms with Crippen LogP contribution in [0, 0.1) is 0 Å². The molecule has 0 unspecified atom stereocenters. The van der Waals surface area contributed by atoms with Crippen molar-refractivity contribution in [1.29, 1.82) is 0 Å². The van der Waals surface area contributed by atoms with Crippen LogP contribution in [0.3, 0.4) is 0 Å². The van der Waals surface area contributed by atoms with Gasteiger partial charge in [-0.15, -0.1) is 0 Å². The number of aliphatic carboxylic acids is 1. The van der Waals surface area contributed by atoms with Crippen LogP contribution in [-0.2, 0) is 4.79 Å². The third-order valence-corrected chi connectivity index (χ3v) is 1.80. The highest BCUT2D eigenvalue weighted by Crippen LogP contribution is 2.17. The van der Waals surface area contributed by atoms with Crippen LogP contribution in [0.15, 0.2) is 36.9 Å². The van der Waals surface area contributed by atoms with Gasteiger partial charge in [0.25, 0.3) is 0 Å². The molecule has 1 atom stereocenters. The van der Waals surface area contributed by atoms with Crippen molar-refractivity contribution in [1.82, 2.24) is 0 Å². The number of carboxylic acid groups (broad SMARTS) is 1. The number of rotatable bonds is 5. The zero-order valence-electron chi connectivity index (χ0n) is 8.09. The zero-order chi connectivity index (χ0) is 11.3. The molecule has 1 rings (SSSR count). The lowest BCUT2D eigenvalue weighted by Crippen LogP contribution is -2.10. The molecule has 0 amide bonds. The fourth-order valence-corrected chi connectivity index (χ4v) is 1.04. The minimum atomic E-state index is -1.49. The molecule has 4 nitrogen and oxygen atoms in total. The van der Waals surface area contributed by atoms with Gasteiger partial charge in [-0.1, -0.05) is 24.8 Å². The zero-order valence-corrected chi connectivity index (χ0v) is 8.09. The summed E-state index contributed by atoms with van der Waals surface area (Å²) in [5.41, 5.74) is 0.327. The van der Waals surface area contributed by atoms with Gasteiger partial charge in [-0.25, -0.2) is 4.79 Å². The van der Waals surface area contributed by atoms with E-state index < -0.39 is 12.1 Å². The smallest absolute Gasteiger partial charge is 0.337 e. The first kappa shape index (κ1) is 11.3. The largest absolute Gasteiger partial charge is 0.490 e. The van der Waals surface area contributed by atoms with Gasteiger partial charge in [-0.2, -0.15) is 0 Å². The Labute approximate surface area is 87.4 Å². The van der Waals surface area contributed by atoms with Crippen molar-refractivity contribution in [2.75, 3.05) is 6.61 Å². The van der Waals surface area contributed by atoms with E-state index in [1.54, 1.807) is 18.2 Å². The number of carboxylic acids is 1. The van der Waals surface area contributed by atoms with Gasteiger partial charge in [0.05, 0.1) is 0 Å². The number of ether oxygens (including phenoxy) is 1. The van der Waals surface area contributed by atoms with Crippen LogP contribution in [0.1, 0.15) is 11.7 Å². The maximum absolute atomic E-state index is 10.5. The van der Waals surface area contributed by atoms with Crippen molar-refractivity contribution in [3.05, 3.63) is 42.5 Å². The standard InChI is InChI=1S/C11H12O4/c1-2-7-15-9-5-3-8(4-6-9)10(12)11(13)14/h2-6,10,12H,1,7H2,(H,13,14)/t10-/m1/s1. The van der Waals surface area contributed by atoms with Gasteiger partial charge in [0.15, 0.2) is 6.10 Å². The van der Waals surface area contributed by atoms with Crippen LogP contribution in [0.5, 0.6) is 5.75 Å². The van der Waals surface area contributed by atoms with Crippen molar-refractivity contribution in [3.63, 3.8) is 0 Å². The molecule has 1 aromatic carbocycles. The van der Waals surface area contributed by atoms with Gasteiger partial charge in [-0.05, 0) is 17.7 Å².